The first-order valence-electron chi connectivity index (χ1n) is 10.5. The minimum atomic E-state index is -2.85. The van der Waals surface area contributed by atoms with Gasteiger partial charge in [0.05, 0.1) is 0 Å². The topological polar surface area (TPSA) is 33.2 Å². The second-order valence-electron chi connectivity index (χ2n) is 8.68. The van der Waals surface area contributed by atoms with Crippen LogP contribution in [0.25, 0.3) is 0 Å². The van der Waals surface area contributed by atoms with Crippen LogP contribution < -0.4 is 0 Å². The zero-order valence-corrected chi connectivity index (χ0v) is 17.3. The molecule has 0 bridgehead atoms. The Morgan fingerprint density at radius 1 is 1.14 bits per heavy atom. The fraction of sp³-hybridized carbons (Fsp3) is 0.500. The highest BCUT2D eigenvalue weighted by Crippen LogP contribution is 2.42. The lowest BCUT2D eigenvalue weighted by Gasteiger charge is -2.26. The van der Waals surface area contributed by atoms with E-state index in [9.17, 15) is 13.6 Å². The minimum Gasteiger partial charge on any atom is -0.343 e. The van der Waals surface area contributed by atoms with Crippen molar-refractivity contribution in [3.05, 3.63) is 64.5 Å². The van der Waals surface area contributed by atoms with Crippen molar-refractivity contribution in [2.75, 3.05) is 7.05 Å². The Labute approximate surface area is 171 Å². The molecule has 3 nitrogen and oxygen atoms in total. The highest BCUT2D eigenvalue weighted by Gasteiger charge is 2.32. The summed E-state index contributed by atoms with van der Waals surface area (Å²) in [6.45, 7) is 2.97. The van der Waals surface area contributed by atoms with Gasteiger partial charge in [0, 0.05) is 49.3 Å². The van der Waals surface area contributed by atoms with Crippen LogP contribution in [0.15, 0.2) is 36.4 Å². The molecule has 2 aromatic rings. The molecule has 4 rings (SSSR count). The fourth-order valence-electron chi connectivity index (χ4n) is 4.46. The van der Waals surface area contributed by atoms with Crippen molar-refractivity contribution in [1.29, 1.82) is 0 Å². The molecular weight excluding hydrogens is 370 g/mol. The van der Waals surface area contributed by atoms with E-state index < -0.39 is 5.92 Å². The minimum absolute atomic E-state index is 0.0152. The Hall–Kier alpha value is -2.30. The smallest absolute Gasteiger partial charge is 0.270 e. The summed E-state index contributed by atoms with van der Waals surface area (Å²) < 4.78 is 27.3. The van der Waals surface area contributed by atoms with Gasteiger partial charge in [0.15, 0.2) is 0 Å². The molecule has 1 aliphatic carbocycles. The van der Waals surface area contributed by atoms with Gasteiger partial charge in [0.2, 0.25) is 5.91 Å². The first kappa shape index (κ1) is 20.0. The second kappa shape index (κ2) is 7.51. The van der Waals surface area contributed by atoms with Crippen LogP contribution in [0.2, 0.25) is 0 Å². The number of carbonyl (C=O) groups excluding carboxylic acids is 1. The number of hydrogen-bond donors (Lipinski definition) is 0. The van der Waals surface area contributed by atoms with Crippen LogP contribution in [-0.4, -0.2) is 28.9 Å². The lowest BCUT2D eigenvalue weighted by Crippen LogP contribution is -2.30. The highest BCUT2D eigenvalue weighted by atomic mass is 19.3. The first-order chi connectivity index (χ1) is 13.7. The third-order valence-corrected chi connectivity index (χ3v) is 6.48. The third-order valence-electron chi connectivity index (χ3n) is 6.48. The van der Waals surface area contributed by atoms with Gasteiger partial charge in [-0.2, -0.15) is 0 Å². The summed E-state index contributed by atoms with van der Waals surface area (Å²) in [7, 11) is 1.85. The molecule has 2 aliphatic rings. The van der Waals surface area contributed by atoms with Gasteiger partial charge < -0.3 is 4.90 Å². The Morgan fingerprint density at radius 3 is 2.34 bits per heavy atom. The molecule has 1 saturated heterocycles. The molecule has 0 radical (unpaired) electrons. The van der Waals surface area contributed by atoms with Gasteiger partial charge in [-0.25, -0.2) is 8.78 Å². The number of rotatable bonds is 6. The molecule has 1 aromatic carbocycles. The molecule has 1 aliphatic heterocycles. The highest BCUT2D eigenvalue weighted by molar-refractivity contribution is 5.78. The third kappa shape index (κ3) is 4.19. The van der Waals surface area contributed by atoms with Crippen LogP contribution in [-0.2, 0) is 10.7 Å². The molecule has 0 unspecified atom stereocenters. The summed E-state index contributed by atoms with van der Waals surface area (Å²) in [5, 5.41) is 0. The lowest BCUT2D eigenvalue weighted by atomic mass is 9.87. The van der Waals surface area contributed by atoms with E-state index in [1.807, 2.05) is 11.9 Å². The molecule has 2 fully saturated rings. The number of aryl methyl sites for hydroxylation is 1. The number of hydrogen-bond acceptors (Lipinski definition) is 2. The Balaban J connectivity index is 1.67. The van der Waals surface area contributed by atoms with Gasteiger partial charge >= 0.3 is 0 Å². The molecule has 1 aromatic heterocycles. The van der Waals surface area contributed by atoms with E-state index >= 15 is 0 Å². The van der Waals surface area contributed by atoms with Crippen LogP contribution >= 0.6 is 0 Å². The number of likely N-dealkylation sites (tertiary alicyclic amines) is 1. The Morgan fingerprint density at radius 2 is 1.83 bits per heavy atom. The number of pyridine rings is 1. The van der Waals surface area contributed by atoms with Crippen molar-refractivity contribution in [2.45, 2.75) is 69.8 Å². The number of halogens is 2. The van der Waals surface area contributed by atoms with E-state index in [2.05, 4.69) is 19.1 Å². The van der Waals surface area contributed by atoms with Gasteiger partial charge in [0.25, 0.3) is 5.92 Å². The quantitative estimate of drug-likeness (QED) is 0.642. The second-order valence-corrected chi connectivity index (χ2v) is 8.68. The Bertz CT molecular complexity index is 900. The maximum absolute atomic E-state index is 13.7. The predicted molar refractivity (Wildman–Crippen MR) is 109 cm³/mol. The molecule has 29 heavy (non-hydrogen) atoms. The van der Waals surface area contributed by atoms with Crippen molar-refractivity contribution in [3.63, 3.8) is 0 Å². The summed E-state index contributed by atoms with van der Waals surface area (Å²) >= 11 is 0. The standard InChI is InChI=1S/C24H28F2N2O/c1-15-20(16-4-5-16)11-12-22(27-15)21(14-19-10-13-23(29)28(19)3)17-6-8-18(9-7-17)24(2,25)26/h6-9,11-12,16,19,21H,4-5,10,13-14H2,1-3H3/t19-,21-/m1/s1. The van der Waals surface area contributed by atoms with Crippen molar-refractivity contribution in [2.24, 2.45) is 0 Å². The van der Waals surface area contributed by atoms with Crippen molar-refractivity contribution >= 4 is 5.91 Å². The summed E-state index contributed by atoms with van der Waals surface area (Å²) in [4.78, 5) is 18.7. The number of nitrogens with zero attached hydrogens (tertiary/aromatic N) is 2. The van der Waals surface area contributed by atoms with E-state index in [0.29, 0.717) is 12.3 Å². The predicted octanol–water partition coefficient (Wildman–Crippen LogP) is 5.52. The largest absolute Gasteiger partial charge is 0.343 e. The van der Waals surface area contributed by atoms with Crippen LogP contribution in [0.1, 0.15) is 78.9 Å². The first-order valence-corrected chi connectivity index (χ1v) is 10.5. The van der Waals surface area contributed by atoms with Crippen molar-refractivity contribution < 1.29 is 13.6 Å². The SMILES string of the molecule is Cc1nc([C@H](C[C@H]2CCC(=O)N2C)c2ccc(C(C)(F)F)cc2)ccc1C1CC1. The van der Waals surface area contributed by atoms with Crippen LogP contribution in [0, 0.1) is 6.92 Å². The molecule has 154 valence electrons. The Kier molecular flexibility index (Phi) is 5.18. The van der Waals surface area contributed by atoms with Gasteiger partial charge in [0.1, 0.15) is 0 Å². The summed E-state index contributed by atoms with van der Waals surface area (Å²) in [5.41, 5.74) is 4.32. The average Bonchev–Trinajstić information content (AvgIpc) is 3.47. The van der Waals surface area contributed by atoms with Crippen molar-refractivity contribution in [1.82, 2.24) is 9.88 Å². The molecular formula is C24H28F2N2O. The number of benzene rings is 1. The number of amides is 1. The number of aromatic nitrogens is 1. The van der Waals surface area contributed by atoms with Gasteiger partial charge in [-0.1, -0.05) is 30.3 Å². The molecule has 2 atom stereocenters. The molecule has 2 heterocycles. The lowest BCUT2D eigenvalue weighted by molar-refractivity contribution is -0.127. The average molecular weight is 398 g/mol. The molecule has 5 heteroatoms. The van der Waals surface area contributed by atoms with Gasteiger partial charge in [-0.3, -0.25) is 9.78 Å². The maximum Gasteiger partial charge on any atom is 0.270 e. The zero-order valence-electron chi connectivity index (χ0n) is 17.3. The zero-order chi connectivity index (χ0) is 20.8. The number of alkyl halides is 2. The van der Waals surface area contributed by atoms with E-state index in [4.69, 9.17) is 4.98 Å². The molecule has 1 amide bonds. The maximum atomic E-state index is 13.7. The monoisotopic (exact) mass is 398 g/mol. The van der Waals surface area contributed by atoms with Crippen LogP contribution in [0.4, 0.5) is 8.78 Å². The summed E-state index contributed by atoms with van der Waals surface area (Å²) in [6, 6.07) is 11.0. The van der Waals surface area contributed by atoms with E-state index in [0.717, 1.165) is 36.7 Å². The van der Waals surface area contributed by atoms with Crippen molar-refractivity contribution in [3.8, 4) is 0 Å². The summed E-state index contributed by atoms with van der Waals surface area (Å²) in [5.74, 6) is -2.07. The molecule has 0 N–H and O–H groups in total. The molecule has 1 saturated carbocycles. The van der Waals surface area contributed by atoms with Crippen LogP contribution in [0.3, 0.4) is 0 Å². The molecule has 0 spiro atoms. The fourth-order valence-corrected chi connectivity index (χ4v) is 4.46. The normalized spacial score (nSPS) is 20.9. The summed E-state index contributed by atoms with van der Waals surface area (Å²) in [6.07, 6.45) is 4.61. The van der Waals surface area contributed by atoms with E-state index in [1.165, 1.54) is 30.5 Å². The number of carbonyl (C=O) groups is 1. The van der Waals surface area contributed by atoms with Gasteiger partial charge in [-0.05, 0) is 55.7 Å². The van der Waals surface area contributed by atoms with E-state index in [-0.39, 0.29) is 23.4 Å². The van der Waals surface area contributed by atoms with Gasteiger partial charge in [-0.15, -0.1) is 0 Å². The van der Waals surface area contributed by atoms with E-state index in [1.54, 1.807) is 12.1 Å². The van der Waals surface area contributed by atoms with Crippen LogP contribution in [0.5, 0.6) is 0 Å².